The molecule has 16 heteroatoms. The van der Waals surface area contributed by atoms with Crippen LogP contribution in [0.5, 0.6) is 0 Å². The van der Waals surface area contributed by atoms with E-state index in [9.17, 15) is 23.6 Å². The molecule has 274 valence electrons. The summed E-state index contributed by atoms with van der Waals surface area (Å²) in [6.45, 7) is 3.57. The molecule has 0 radical (unpaired) electrons. The average Bonchev–Trinajstić information content (AvgIpc) is 3.99. The Morgan fingerprint density at radius 1 is 1.00 bits per heavy atom. The SMILES string of the molecule is Cc1cc(C)n(-c2ccc(NC(=O)CN(CC3CC3c3ccc(Cl)cc3)C(N)=O)c(F)c2)n1.O=C(Nc1ccc(Cl)cc1)N[C@]1(C(=O)O)C[C@@H]1CO. The molecular weight excluding hydrogens is 716 g/mol. The molecule has 2 unspecified atom stereocenters. The highest BCUT2D eigenvalue weighted by atomic mass is 35.5. The van der Waals surface area contributed by atoms with Gasteiger partial charge in [-0.3, -0.25) is 4.79 Å². The molecule has 4 atom stereocenters. The van der Waals surface area contributed by atoms with Gasteiger partial charge in [0.1, 0.15) is 17.9 Å². The maximum atomic E-state index is 14.6. The number of aliphatic hydroxyl groups excluding tert-OH is 1. The normalized spacial score (nSPS) is 19.8. The second-order valence-electron chi connectivity index (χ2n) is 12.9. The zero-order chi connectivity index (χ0) is 37.7. The minimum Gasteiger partial charge on any atom is -0.479 e. The van der Waals surface area contributed by atoms with E-state index in [4.69, 9.17) is 39.1 Å². The summed E-state index contributed by atoms with van der Waals surface area (Å²) in [5, 5.41) is 31.0. The van der Waals surface area contributed by atoms with E-state index in [-0.39, 0.29) is 31.2 Å². The van der Waals surface area contributed by atoms with Crippen molar-refractivity contribution in [2.75, 3.05) is 30.3 Å². The molecule has 0 spiro atoms. The summed E-state index contributed by atoms with van der Waals surface area (Å²) < 4.78 is 16.3. The lowest BCUT2D eigenvalue weighted by Gasteiger charge is -2.20. The molecule has 6 rings (SSSR count). The third kappa shape index (κ3) is 9.37. The fourth-order valence-electron chi connectivity index (χ4n) is 5.99. The van der Waals surface area contributed by atoms with E-state index in [1.165, 1.54) is 17.0 Å². The molecule has 5 amide bonds. The molecule has 4 aromatic rings. The number of benzene rings is 3. The van der Waals surface area contributed by atoms with Crippen molar-refractivity contribution < 1.29 is 33.8 Å². The van der Waals surface area contributed by atoms with Crippen LogP contribution in [0.15, 0.2) is 72.8 Å². The van der Waals surface area contributed by atoms with Gasteiger partial charge in [-0.2, -0.15) is 5.10 Å². The fourth-order valence-corrected chi connectivity index (χ4v) is 6.24. The van der Waals surface area contributed by atoms with Crippen LogP contribution >= 0.6 is 23.2 Å². The molecule has 2 saturated carbocycles. The third-order valence-corrected chi connectivity index (χ3v) is 9.45. The Labute approximate surface area is 308 Å². The number of aliphatic hydroxyl groups is 1. The molecule has 52 heavy (non-hydrogen) atoms. The Bertz CT molecular complexity index is 1960. The number of urea groups is 2. The number of nitrogens with two attached hydrogens (primary N) is 1. The minimum absolute atomic E-state index is 0.0279. The van der Waals surface area contributed by atoms with Crippen LogP contribution in [0.25, 0.3) is 5.69 Å². The Hall–Kier alpha value is -5.18. The third-order valence-electron chi connectivity index (χ3n) is 8.95. The molecule has 13 nitrogen and oxygen atoms in total. The lowest BCUT2D eigenvalue weighted by Crippen LogP contribution is -2.47. The van der Waals surface area contributed by atoms with Gasteiger partial charge < -0.3 is 36.8 Å². The number of carbonyl (C=O) groups excluding carboxylic acids is 3. The van der Waals surface area contributed by atoms with E-state index in [1.54, 1.807) is 35.0 Å². The van der Waals surface area contributed by atoms with Crippen LogP contribution in [0.1, 0.15) is 35.7 Å². The molecular formula is C36H38Cl2FN7O6. The zero-order valence-corrected chi connectivity index (χ0v) is 29.8. The van der Waals surface area contributed by atoms with Crippen molar-refractivity contribution in [3.8, 4) is 5.69 Å². The number of carbonyl (C=O) groups is 4. The van der Waals surface area contributed by atoms with Crippen LogP contribution in [0.4, 0.5) is 25.4 Å². The van der Waals surface area contributed by atoms with E-state index < -0.39 is 41.2 Å². The highest BCUT2D eigenvalue weighted by Gasteiger charge is 2.61. The van der Waals surface area contributed by atoms with Gasteiger partial charge in [-0.15, -0.1) is 0 Å². The molecule has 7 N–H and O–H groups in total. The van der Waals surface area contributed by atoms with Gasteiger partial charge in [0.2, 0.25) is 5.91 Å². The van der Waals surface area contributed by atoms with Crippen molar-refractivity contribution in [3.05, 3.63) is 106 Å². The quantitative estimate of drug-likeness (QED) is 0.113. The van der Waals surface area contributed by atoms with Crippen LogP contribution < -0.4 is 21.7 Å². The smallest absolute Gasteiger partial charge is 0.329 e. The summed E-state index contributed by atoms with van der Waals surface area (Å²) >= 11 is 11.6. The van der Waals surface area contributed by atoms with Crippen LogP contribution in [0.2, 0.25) is 10.0 Å². The first-order valence-electron chi connectivity index (χ1n) is 16.3. The monoisotopic (exact) mass is 753 g/mol. The number of aromatic nitrogens is 2. The summed E-state index contributed by atoms with van der Waals surface area (Å²) in [6.07, 6.45) is 1.13. The summed E-state index contributed by atoms with van der Waals surface area (Å²) in [5.41, 5.74) is 8.06. The molecule has 3 aromatic carbocycles. The summed E-state index contributed by atoms with van der Waals surface area (Å²) in [7, 11) is 0. The second-order valence-corrected chi connectivity index (χ2v) is 13.7. The van der Waals surface area contributed by atoms with Crippen molar-refractivity contribution in [2.45, 2.75) is 38.1 Å². The van der Waals surface area contributed by atoms with E-state index in [2.05, 4.69) is 21.0 Å². The number of hydrogen-bond donors (Lipinski definition) is 6. The number of aryl methyl sites for hydroxylation is 2. The highest BCUT2D eigenvalue weighted by Crippen LogP contribution is 2.48. The maximum Gasteiger partial charge on any atom is 0.329 e. The lowest BCUT2D eigenvalue weighted by atomic mass is 10.1. The first-order chi connectivity index (χ1) is 24.7. The second kappa shape index (κ2) is 16.0. The molecule has 2 aliphatic rings. The number of nitrogens with one attached hydrogen (secondary N) is 3. The van der Waals surface area contributed by atoms with Gasteiger partial charge in [-0.05, 0) is 98.7 Å². The topological polar surface area (TPSA) is 192 Å². The fraction of sp³-hybridized carbons (Fsp3) is 0.306. The van der Waals surface area contributed by atoms with Gasteiger partial charge in [0, 0.05) is 46.6 Å². The number of carboxylic acids is 1. The highest BCUT2D eigenvalue weighted by molar-refractivity contribution is 6.30. The van der Waals surface area contributed by atoms with Gasteiger partial charge in [0.05, 0.1) is 17.1 Å². The molecule has 0 saturated heterocycles. The van der Waals surface area contributed by atoms with Gasteiger partial charge in [0.25, 0.3) is 0 Å². The lowest BCUT2D eigenvalue weighted by molar-refractivity contribution is -0.141. The molecule has 2 fully saturated rings. The summed E-state index contributed by atoms with van der Waals surface area (Å²) in [5.74, 6) is -2.19. The Kier molecular flexibility index (Phi) is 11.7. The number of amides is 5. The van der Waals surface area contributed by atoms with E-state index >= 15 is 0 Å². The summed E-state index contributed by atoms with van der Waals surface area (Å²) in [6, 6.07) is 19.1. The predicted octanol–water partition coefficient (Wildman–Crippen LogP) is 5.70. The average molecular weight is 755 g/mol. The van der Waals surface area contributed by atoms with Crippen molar-refractivity contribution in [1.82, 2.24) is 20.0 Å². The Morgan fingerprint density at radius 2 is 1.65 bits per heavy atom. The van der Waals surface area contributed by atoms with E-state index in [0.29, 0.717) is 33.9 Å². The maximum absolute atomic E-state index is 14.6. The van der Waals surface area contributed by atoms with E-state index in [0.717, 1.165) is 23.4 Å². The standard InChI is InChI=1S/C24H25ClFN5O2.C12H13ClN2O4/c1-14-9-15(2)31(29-14)19-7-8-22(21(26)11-19)28-23(32)13-30(24(27)33)12-17-10-20(17)16-3-5-18(25)6-4-16;13-8-1-3-9(4-2-8)14-11(19)15-12(10(17)18)5-7(12)6-16/h3-9,11,17,20H,10,12-13H2,1-2H3,(H2,27,33)(H,28,32);1-4,7,16H,5-6H2,(H,17,18)(H2,14,15,19)/t;7-,12-/m.1/s1. The number of nitrogens with zero attached hydrogens (tertiary/aromatic N) is 3. The number of halogens is 3. The molecule has 0 bridgehead atoms. The van der Waals surface area contributed by atoms with Crippen molar-refractivity contribution in [2.24, 2.45) is 17.6 Å². The first kappa shape index (κ1) is 38.1. The Morgan fingerprint density at radius 3 is 2.19 bits per heavy atom. The van der Waals surface area contributed by atoms with Gasteiger partial charge >= 0.3 is 18.0 Å². The summed E-state index contributed by atoms with van der Waals surface area (Å²) in [4.78, 5) is 48.6. The zero-order valence-electron chi connectivity index (χ0n) is 28.3. The first-order valence-corrected chi connectivity index (χ1v) is 17.1. The van der Waals surface area contributed by atoms with E-state index in [1.807, 2.05) is 44.2 Å². The van der Waals surface area contributed by atoms with Crippen molar-refractivity contribution in [1.29, 1.82) is 0 Å². The molecule has 1 aromatic heterocycles. The van der Waals surface area contributed by atoms with Crippen molar-refractivity contribution in [3.63, 3.8) is 0 Å². The number of anilines is 2. The molecule has 1 heterocycles. The Balaban J connectivity index is 0.000000233. The largest absolute Gasteiger partial charge is 0.479 e. The predicted molar refractivity (Wildman–Crippen MR) is 194 cm³/mol. The molecule has 0 aliphatic heterocycles. The number of carboxylic acid groups (broad SMARTS) is 1. The van der Waals surface area contributed by atoms with Gasteiger partial charge in [-0.1, -0.05) is 35.3 Å². The van der Waals surface area contributed by atoms with Crippen molar-refractivity contribution >= 4 is 58.5 Å². The van der Waals surface area contributed by atoms with Gasteiger partial charge in [0.15, 0.2) is 0 Å². The minimum atomic E-state index is -1.36. The van der Waals surface area contributed by atoms with Crippen LogP contribution in [-0.2, 0) is 9.59 Å². The van der Waals surface area contributed by atoms with Crippen LogP contribution in [0, 0.1) is 31.5 Å². The molecule has 2 aliphatic carbocycles. The number of rotatable bonds is 11. The number of primary amides is 1. The van der Waals surface area contributed by atoms with Crippen LogP contribution in [-0.4, -0.2) is 74.1 Å². The van der Waals surface area contributed by atoms with Crippen LogP contribution in [0.3, 0.4) is 0 Å². The van der Waals surface area contributed by atoms with Gasteiger partial charge in [-0.25, -0.2) is 23.5 Å². The number of aliphatic carboxylic acids is 1. The number of hydrogen-bond acceptors (Lipinski definition) is 6.